The smallest absolute Gasteiger partial charge is 0.272 e. The van der Waals surface area contributed by atoms with Crippen LogP contribution in [0.25, 0.3) is 0 Å². The monoisotopic (exact) mass is 247 g/mol. The minimum Gasteiger partial charge on any atom is -0.346 e. The van der Waals surface area contributed by atoms with Gasteiger partial charge in [-0.3, -0.25) is 14.2 Å². The lowest BCUT2D eigenvalue weighted by Crippen LogP contribution is -2.23. The van der Waals surface area contributed by atoms with Gasteiger partial charge in [-0.2, -0.15) is 10.2 Å². The molecule has 0 aliphatic rings. The summed E-state index contributed by atoms with van der Waals surface area (Å²) in [4.78, 5) is 11.9. The molecular weight excluding hydrogens is 230 g/mol. The largest absolute Gasteiger partial charge is 0.346 e. The molecule has 0 saturated carbocycles. The van der Waals surface area contributed by atoms with Crippen LogP contribution in [0, 0.1) is 6.92 Å². The van der Waals surface area contributed by atoms with Gasteiger partial charge >= 0.3 is 0 Å². The number of rotatable bonds is 4. The molecule has 1 amide bonds. The van der Waals surface area contributed by atoms with E-state index in [4.69, 9.17) is 0 Å². The maximum absolute atomic E-state index is 11.9. The lowest BCUT2D eigenvalue weighted by atomic mass is 10.2. The summed E-state index contributed by atoms with van der Waals surface area (Å²) in [5.41, 5.74) is 2.39. The van der Waals surface area contributed by atoms with Gasteiger partial charge in [-0.15, -0.1) is 0 Å². The Labute approximate surface area is 106 Å². The third-order valence-corrected chi connectivity index (χ3v) is 2.75. The number of nitrogens with zero attached hydrogens (tertiary/aromatic N) is 4. The maximum atomic E-state index is 11.9. The molecule has 2 aromatic heterocycles. The molecule has 2 rings (SSSR count). The number of aryl methyl sites for hydroxylation is 3. The van der Waals surface area contributed by atoms with Crippen LogP contribution in [0.1, 0.15) is 28.7 Å². The van der Waals surface area contributed by atoms with E-state index in [-0.39, 0.29) is 5.91 Å². The molecule has 0 aliphatic heterocycles. The minimum absolute atomic E-state index is 0.162. The third kappa shape index (κ3) is 2.58. The SMILES string of the molecule is CCn1ccc(C(=O)NCc2cn(C)nc2C)n1. The molecule has 0 unspecified atom stereocenters. The molecule has 6 heteroatoms. The number of hydrogen-bond acceptors (Lipinski definition) is 3. The van der Waals surface area contributed by atoms with E-state index < -0.39 is 0 Å². The van der Waals surface area contributed by atoms with Crippen molar-refractivity contribution in [2.24, 2.45) is 7.05 Å². The van der Waals surface area contributed by atoms with Crippen molar-refractivity contribution in [2.45, 2.75) is 26.9 Å². The number of carbonyl (C=O) groups excluding carboxylic acids is 1. The molecule has 0 bridgehead atoms. The molecule has 96 valence electrons. The number of amides is 1. The minimum atomic E-state index is -0.162. The van der Waals surface area contributed by atoms with Crippen molar-refractivity contribution in [3.8, 4) is 0 Å². The number of carbonyl (C=O) groups is 1. The van der Waals surface area contributed by atoms with E-state index in [1.165, 1.54) is 0 Å². The first-order chi connectivity index (χ1) is 8.60. The van der Waals surface area contributed by atoms with Crippen molar-refractivity contribution in [1.82, 2.24) is 24.9 Å². The highest BCUT2D eigenvalue weighted by atomic mass is 16.1. The summed E-state index contributed by atoms with van der Waals surface area (Å²) >= 11 is 0. The average molecular weight is 247 g/mol. The Morgan fingerprint density at radius 2 is 2.22 bits per heavy atom. The lowest BCUT2D eigenvalue weighted by Gasteiger charge is -2.01. The van der Waals surface area contributed by atoms with Crippen molar-refractivity contribution >= 4 is 5.91 Å². The van der Waals surface area contributed by atoms with Gasteiger partial charge in [-0.25, -0.2) is 0 Å². The van der Waals surface area contributed by atoms with Crippen molar-refractivity contribution in [3.05, 3.63) is 35.4 Å². The first-order valence-electron chi connectivity index (χ1n) is 5.91. The third-order valence-electron chi connectivity index (χ3n) is 2.75. The van der Waals surface area contributed by atoms with Crippen LogP contribution in [0.3, 0.4) is 0 Å². The Balaban J connectivity index is 1.98. The molecule has 0 aromatic carbocycles. The molecule has 0 radical (unpaired) electrons. The van der Waals surface area contributed by atoms with Gasteiger partial charge in [0.1, 0.15) is 5.69 Å². The van der Waals surface area contributed by atoms with Crippen LogP contribution in [0.5, 0.6) is 0 Å². The normalized spacial score (nSPS) is 10.6. The van der Waals surface area contributed by atoms with Gasteiger partial charge < -0.3 is 5.32 Å². The molecule has 1 N–H and O–H groups in total. The second-order valence-electron chi connectivity index (χ2n) is 4.15. The topological polar surface area (TPSA) is 64.7 Å². The second kappa shape index (κ2) is 5.03. The van der Waals surface area contributed by atoms with Crippen LogP contribution in [0.15, 0.2) is 18.5 Å². The molecule has 18 heavy (non-hydrogen) atoms. The van der Waals surface area contributed by atoms with Crippen LogP contribution in [-0.4, -0.2) is 25.5 Å². The first-order valence-corrected chi connectivity index (χ1v) is 5.91. The quantitative estimate of drug-likeness (QED) is 0.872. The Morgan fingerprint density at radius 3 is 2.78 bits per heavy atom. The van der Waals surface area contributed by atoms with Gasteiger partial charge in [0.2, 0.25) is 0 Å². The summed E-state index contributed by atoms with van der Waals surface area (Å²) < 4.78 is 3.47. The van der Waals surface area contributed by atoms with E-state index in [1.54, 1.807) is 21.6 Å². The summed E-state index contributed by atoms with van der Waals surface area (Å²) in [5.74, 6) is -0.162. The Bertz CT molecular complexity index is 555. The van der Waals surface area contributed by atoms with Crippen molar-refractivity contribution in [3.63, 3.8) is 0 Å². The number of aromatic nitrogens is 4. The summed E-state index contributed by atoms with van der Waals surface area (Å²) in [6.45, 7) is 5.13. The molecule has 0 saturated heterocycles. The van der Waals surface area contributed by atoms with E-state index in [0.29, 0.717) is 12.2 Å². The van der Waals surface area contributed by atoms with E-state index >= 15 is 0 Å². The highest BCUT2D eigenvalue weighted by molar-refractivity contribution is 5.92. The molecular formula is C12H17N5O. The molecule has 2 aromatic rings. The maximum Gasteiger partial charge on any atom is 0.272 e. The van der Waals surface area contributed by atoms with Gasteiger partial charge in [0, 0.05) is 38.1 Å². The summed E-state index contributed by atoms with van der Waals surface area (Å²) in [7, 11) is 1.86. The zero-order valence-electron chi connectivity index (χ0n) is 10.8. The summed E-state index contributed by atoms with van der Waals surface area (Å²) in [5, 5.41) is 11.2. The van der Waals surface area contributed by atoms with E-state index in [2.05, 4.69) is 15.5 Å². The van der Waals surface area contributed by atoms with E-state index in [9.17, 15) is 4.79 Å². The fourth-order valence-corrected chi connectivity index (χ4v) is 1.75. The molecule has 0 aliphatic carbocycles. The second-order valence-corrected chi connectivity index (χ2v) is 4.15. The molecule has 2 heterocycles. The zero-order chi connectivity index (χ0) is 13.1. The van der Waals surface area contributed by atoms with E-state index in [1.807, 2.05) is 27.1 Å². The van der Waals surface area contributed by atoms with Gasteiger partial charge in [0.15, 0.2) is 0 Å². The molecule has 0 spiro atoms. The van der Waals surface area contributed by atoms with Crippen LogP contribution in [-0.2, 0) is 20.1 Å². The predicted octanol–water partition coefficient (Wildman–Crippen LogP) is 0.875. The van der Waals surface area contributed by atoms with Crippen molar-refractivity contribution in [1.29, 1.82) is 0 Å². The van der Waals surface area contributed by atoms with Crippen LogP contribution in [0.4, 0.5) is 0 Å². The standard InChI is InChI=1S/C12H17N5O/c1-4-17-6-5-11(15-17)12(18)13-7-10-8-16(3)14-9(10)2/h5-6,8H,4,7H2,1-3H3,(H,13,18). The Morgan fingerprint density at radius 1 is 1.44 bits per heavy atom. The highest BCUT2D eigenvalue weighted by Gasteiger charge is 2.10. The number of hydrogen-bond donors (Lipinski definition) is 1. The van der Waals surface area contributed by atoms with Crippen LogP contribution < -0.4 is 5.32 Å². The van der Waals surface area contributed by atoms with Gasteiger partial charge in [0.25, 0.3) is 5.91 Å². The summed E-state index contributed by atoms with van der Waals surface area (Å²) in [6.07, 6.45) is 3.70. The Kier molecular flexibility index (Phi) is 3.45. The number of nitrogens with one attached hydrogen (secondary N) is 1. The predicted molar refractivity (Wildman–Crippen MR) is 67.0 cm³/mol. The molecule has 0 fully saturated rings. The zero-order valence-corrected chi connectivity index (χ0v) is 10.8. The van der Waals surface area contributed by atoms with Gasteiger partial charge in [0.05, 0.1) is 5.69 Å². The highest BCUT2D eigenvalue weighted by Crippen LogP contribution is 2.04. The van der Waals surface area contributed by atoms with Crippen LogP contribution in [0.2, 0.25) is 0 Å². The Hall–Kier alpha value is -2.11. The van der Waals surface area contributed by atoms with Crippen molar-refractivity contribution < 1.29 is 4.79 Å². The average Bonchev–Trinajstić information content (AvgIpc) is 2.93. The van der Waals surface area contributed by atoms with Gasteiger partial charge in [-0.05, 0) is 19.9 Å². The van der Waals surface area contributed by atoms with Gasteiger partial charge in [-0.1, -0.05) is 0 Å². The fraction of sp³-hybridized carbons (Fsp3) is 0.417. The van der Waals surface area contributed by atoms with Crippen LogP contribution >= 0.6 is 0 Å². The van der Waals surface area contributed by atoms with Crippen molar-refractivity contribution in [2.75, 3.05) is 0 Å². The lowest BCUT2D eigenvalue weighted by molar-refractivity contribution is 0.0945. The fourth-order valence-electron chi connectivity index (χ4n) is 1.75. The first kappa shape index (κ1) is 12.3. The molecule has 0 atom stereocenters. The van der Waals surface area contributed by atoms with E-state index in [0.717, 1.165) is 17.8 Å². The summed E-state index contributed by atoms with van der Waals surface area (Å²) in [6, 6.07) is 1.72. The molecule has 6 nitrogen and oxygen atoms in total.